The Morgan fingerprint density at radius 1 is 1.12 bits per heavy atom. The van der Waals surface area contributed by atoms with E-state index in [9.17, 15) is 27.6 Å². The number of aryl methyl sites for hydroxylation is 1. The smallest absolute Gasteiger partial charge is 0.416 e. The van der Waals surface area contributed by atoms with Gasteiger partial charge in [-0.15, -0.1) is 0 Å². The molecule has 0 saturated heterocycles. The quantitative estimate of drug-likeness (QED) is 0.349. The number of unbranched alkanes of at least 4 members (excludes halogenated alkanes) is 2. The molecule has 1 amide bonds. The first-order valence-corrected chi connectivity index (χ1v) is 10.8. The third kappa shape index (κ3) is 5.93. The van der Waals surface area contributed by atoms with Gasteiger partial charge in [-0.3, -0.25) is 9.59 Å². The summed E-state index contributed by atoms with van der Waals surface area (Å²) in [6, 6.07) is 8.86. The van der Waals surface area contributed by atoms with Gasteiger partial charge < -0.3 is 10.1 Å². The fourth-order valence-electron chi connectivity index (χ4n) is 3.23. The van der Waals surface area contributed by atoms with Crippen LogP contribution in [0.25, 0.3) is 10.8 Å². The molecule has 0 spiro atoms. The van der Waals surface area contributed by atoms with Crippen LogP contribution in [0.3, 0.4) is 0 Å². The van der Waals surface area contributed by atoms with Crippen molar-refractivity contribution < 1.29 is 27.5 Å². The van der Waals surface area contributed by atoms with Gasteiger partial charge in [0.15, 0.2) is 12.3 Å². The number of rotatable bonds is 8. The zero-order valence-corrected chi connectivity index (χ0v) is 18.9. The van der Waals surface area contributed by atoms with Crippen molar-refractivity contribution in [2.24, 2.45) is 0 Å². The Bertz CT molecular complexity index is 1270. The number of hydrogen-bond donors (Lipinski definition) is 1. The van der Waals surface area contributed by atoms with Crippen LogP contribution in [0.4, 0.5) is 18.9 Å². The number of nitrogens with one attached hydrogen (secondary N) is 1. The summed E-state index contributed by atoms with van der Waals surface area (Å²) < 4.78 is 45.0. The van der Waals surface area contributed by atoms with Crippen molar-refractivity contribution in [2.45, 2.75) is 38.9 Å². The van der Waals surface area contributed by atoms with E-state index in [4.69, 9.17) is 16.3 Å². The van der Waals surface area contributed by atoms with Gasteiger partial charge in [0.1, 0.15) is 0 Å². The van der Waals surface area contributed by atoms with Gasteiger partial charge >= 0.3 is 12.1 Å². The van der Waals surface area contributed by atoms with Crippen molar-refractivity contribution >= 4 is 39.9 Å². The van der Waals surface area contributed by atoms with Gasteiger partial charge in [0.05, 0.1) is 21.7 Å². The predicted molar refractivity (Wildman–Crippen MR) is 121 cm³/mol. The number of ether oxygens (including phenoxy) is 1. The first-order valence-electron chi connectivity index (χ1n) is 10.5. The van der Waals surface area contributed by atoms with Crippen molar-refractivity contribution in [3.8, 4) is 0 Å². The Balaban J connectivity index is 1.77. The van der Waals surface area contributed by atoms with Gasteiger partial charge in [0.25, 0.3) is 11.5 Å². The average molecular weight is 496 g/mol. The molecule has 0 aliphatic carbocycles. The van der Waals surface area contributed by atoms with Crippen LogP contribution < -0.4 is 10.9 Å². The topological polar surface area (TPSA) is 90.3 Å². The highest BCUT2D eigenvalue weighted by atomic mass is 35.5. The standard InChI is InChI=1S/C23H21ClF3N3O4/c1-2-3-6-11-30-21(32)16-8-5-4-7-15(16)20(29-30)22(33)34-13-19(31)28-18-12-14(23(25,26)27)9-10-17(18)24/h4-5,7-10,12H,2-3,6,11,13H2,1H3,(H,28,31). The zero-order valence-electron chi connectivity index (χ0n) is 18.1. The normalized spacial score (nSPS) is 11.4. The number of hydrogen-bond acceptors (Lipinski definition) is 5. The predicted octanol–water partition coefficient (Wildman–Crippen LogP) is 5.05. The molecule has 180 valence electrons. The highest BCUT2D eigenvalue weighted by molar-refractivity contribution is 6.33. The lowest BCUT2D eigenvalue weighted by molar-refractivity contribution is -0.137. The fourth-order valence-corrected chi connectivity index (χ4v) is 3.40. The minimum Gasteiger partial charge on any atom is -0.451 e. The summed E-state index contributed by atoms with van der Waals surface area (Å²) in [5.74, 6) is -1.85. The van der Waals surface area contributed by atoms with Gasteiger partial charge in [-0.1, -0.05) is 49.6 Å². The SMILES string of the molecule is CCCCCn1nc(C(=O)OCC(=O)Nc2cc(C(F)(F)F)ccc2Cl)c2ccccc2c1=O. The third-order valence-corrected chi connectivity index (χ3v) is 5.27. The Kier molecular flexibility index (Phi) is 7.93. The Morgan fingerprint density at radius 3 is 2.50 bits per heavy atom. The number of amides is 1. The van der Waals surface area contributed by atoms with E-state index < -0.39 is 30.2 Å². The summed E-state index contributed by atoms with van der Waals surface area (Å²) in [4.78, 5) is 37.6. The second-order valence-corrected chi connectivity index (χ2v) is 7.85. The van der Waals surface area contributed by atoms with Crippen molar-refractivity contribution in [2.75, 3.05) is 11.9 Å². The van der Waals surface area contributed by atoms with E-state index in [1.165, 1.54) is 4.68 Å². The van der Waals surface area contributed by atoms with Crippen molar-refractivity contribution in [1.29, 1.82) is 0 Å². The summed E-state index contributed by atoms with van der Waals surface area (Å²) in [7, 11) is 0. The molecule has 7 nitrogen and oxygen atoms in total. The van der Waals surface area contributed by atoms with E-state index in [0.717, 1.165) is 25.0 Å². The number of anilines is 1. The molecule has 3 rings (SSSR count). The summed E-state index contributed by atoms with van der Waals surface area (Å²) in [6.07, 6.45) is -2.12. The monoisotopic (exact) mass is 495 g/mol. The molecule has 1 aromatic heterocycles. The molecule has 2 aromatic carbocycles. The van der Waals surface area contributed by atoms with E-state index in [1.807, 2.05) is 6.92 Å². The third-order valence-electron chi connectivity index (χ3n) is 4.94. The van der Waals surface area contributed by atoms with E-state index in [2.05, 4.69) is 10.4 Å². The number of alkyl halides is 3. The van der Waals surface area contributed by atoms with Crippen LogP contribution in [0.5, 0.6) is 0 Å². The summed E-state index contributed by atoms with van der Waals surface area (Å²) in [5.41, 5.74) is -1.76. The minimum atomic E-state index is -4.62. The minimum absolute atomic E-state index is 0.112. The lowest BCUT2D eigenvalue weighted by atomic mass is 10.1. The first-order chi connectivity index (χ1) is 16.1. The van der Waals surface area contributed by atoms with Crippen molar-refractivity contribution in [3.05, 3.63) is 69.1 Å². The molecule has 0 aliphatic rings. The highest BCUT2D eigenvalue weighted by Crippen LogP contribution is 2.33. The van der Waals surface area contributed by atoms with Crippen LogP contribution in [0, 0.1) is 0 Å². The lowest BCUT2D eigenvalue weighted by Gasteiger charge is -2.12. The maximum Gasteiger partial charge on any atom is 0.416 e. The molecule has 11 heteroatoms. The van der Waals surface area contributed by atoms with Crippen LogP contribution in [0.2, 0.25) is 5.02 Å². The van der Waals surface area contributed by atoms with E-state index in [-0.39, 0.29) is 32.7 Å². The van der Waals surface area contributed by atoms with Crippen LogP contribution in [0.1, 0.15) is 42.2 Å². The zero-order chi connectivity index (χ0) is 24.9. The molecule has 34 heavy (non-hydrogen) atoms. The average Bonchev–Trinajstić information content (AvgIpc) is 2.80. The number of carbonyl (C=O) groups excluding carboxylic acids is 2. The molecule has 0 unspecified atom stereocenters. The van der Waals surface area contributed by atoms with Crippen molar-refractivity contribution in [3.63, 3.8) is 0 Å². The number of halogens is 4. The number of aromatic nitrogens is 2. The molecular formula is C23H21ClF3N3O4. The van der Waals surface area contributed by atoms with Crippen LogP contribution in [-0.4, -0.2) is 28.3 Å². The molecule has 0 saturated carbocycles. The molecule has 0 atom stereocenters. The summed E-state index contributed by atoms with van der Waals surface area (Å²) in [6.45, 7) is 1.53. The van der Waals surface area contributed by atoms with E-state index in [0.29, 0.717) is 19.0 Å². The molecule has 0 fully saturated rings. The molecule has 0 aliphatic heterocycles. The van der Waals surface area contributed by atoms with Gasteiger partial charge in [0.2, 0.25) is 0 Å². The number of carbonyl (C=O) groups is 2. The van der Waals surface area contributed by atoms with Gasteiger partial charge in [-0.2, -0.15) is 18.3 Å². The van der Waals surface area contributed by atoms with Crippen LogP contribution >= 0.6 is 11.6 Å². The maximum absolute atomic E-state index is 12.9. The molecule has 0 radical (unpaired) electrons. The van der Waals surface area contributed by atoms with Gasteiger partial charge in [-0.25, -0.2) is 9.48 Å². The lowest BCUT2D eigenvalue weighted by Crippen LogP contribution is -2.28. The summed E-state index contributed by atoms with van der Waals surface area (Å²) >= 11 is 5.87. The molecule has 1 heterocycles. The Labute approximate surface area is 197 Å². The molecule has 1 N–H and O–H groups in total. The second-order valence-electron chi connectivity index (χ2n) is 7.45. The maximum atomic E-state index is 12.9. The Hall–Kier alpha value is -3.40. The van der Waals surface area contributed by atoms with E-state index in [1.54, 1.807) is 24.3 Å². The number of nitrogens with zero attached hydrogens (tertiary/aromatic N) is 2. The fraction of sp³-hybridized carbons (Fsp3) is 0.304. The van der Waals surface area contributed by atoms with Gasteiger partial charge in [0, 0.05) is 11.9 Å². The highest BCUT2D eigenvalue weighted by Gasteiger charge is 2.31. The Morgan fingerprint density at radius 2 is 1.82 bits per heavy atom. The number of fused-ring (bicyclic) bond motifs is 1. The van der Waals surface area contributed by atoms with E-state index >= 15 is 0 Å². The second kappa shape index (κ2) is 10.7. The van der Waals surface area contributed by atoms with Gasteiger partial charge in [-0.05, 0) is 30.7 Å². The summed E-state index contributed by atoms with van der Waals surface area (Å²) in [5, 5.41) is 6.77. The number of esters is 1. The van der Waals surface area contributed by atoms with Crippen molar-refractivity contribution in [1.82, 2.24) is 9.78 Å². The van der Waals surface area contributed by atoms with Crippen LogP contribution in [-0.2, 0) is 22.3 Å². The molecular weight excluding hydrogens is 475 g/mol. The first kappa shape index (κ1) is 25.2. The largest absolute Gasteiger partial charge is 0.451 e. The van der Waals surface area contributed by atoms with Crippen LogP contribution in [0.15, 0.2) is 47.3 Å². The molecule has 0 bridgehead atoms. The molecule has 3 aromatic rings. The number of benzene rings is 2.